The summed E-state index contributed by atoms with van der Waals surface area (Å²) in [4.78, 5) is 28.6. The zero-order chi connectivity index (χ0) is 16.8. The maximum absolute atomic E-state index is 12.6. The maximum atomic E-state index is 12.6. The fraction of sp³-hybridized carbons (Fsp3) is 0.556. The molecule has 0 radical (unpaired) electrons. The lowest BCUT2D eigenvalue weighted by atomic mass is 10.2. The van der Waals surface area contributed by atoms with Gasteiger partial charge in [-0.15, -0.1) is 0 Å². The number of amides is 2. The van der Waals surface area contributed by atoms with E-state index < -0.39 is 0 Å². The highest BCUT2D eigenvalue weighted by molar-refractivity contribution is 5.88. The van der Waals surface area contributed by atoms with Crippen LogP contribution in [0.3, 0.4) is 0 Å². The van der Waals surface area contributed by atoms with Crippen LogP contribution in [0.2, 0.25) is 0 Å². The first-order valence-corrected chi connectivity index (χ1v) is 8.53. The van der Waals surface area contributed by atoms with E-state index in [1.165, 1.54) is 0 Å². The SMILES string of the molecule is O=C(C1CCCN1C(=O)COCc1ccccc1)N1CCOCC1. The lowest BCUT2D eigenvalue weighted by Crippen LogP contribution is -2.51. The van der Waals surface area contributed by atoms with Crippen molar-refractivity contribution in [2.45, 2.75) is 25.5 Å². The average Bonchev–Trinajstić information content (AvgIpc) is 3.12. The highest BCUT2D eigenvalue weighted by atomic mass is 16.5. The third-order valence-corrected chi connectivity index (χ3v) is 4.52. The first kappa shape index (κ1) is 16.9. The number of rotatable bonds is 5. The van der Waals surface area contributed by atoms with E-state index in [2.05, 4.69) is 0 Å². The molecule has 2 aliphatic rings. The molecule has 6 nitrogen and oxygen atoms in total. The van der Waals surface area contributed by atoms with Crippen molar-refractivity contribution in [1.82, 2.24) is 9.80 Å². The molecule has 0 spiro atoms. The number of hydrogen-bond donors (Lipinski definition) is 0. The minimum absolute atomic E-state index is 0.0157. The van der Waals surface area contributed by atoms with Crippen LogP contribution < -0.4 is 0 Å². The van der Waals surface area contributed by atoms with E-state index in [0.717, 1.165) is 18.4 Å². The van der Waals surface area contributed by atoms with Gasteiger partial charge in [-0.3, -0.25) is 9.59 Å². The Bertz CT molecular complexity index is 557. The first-order chi connectivity index (χ1) is 11.8. The van der Waals surface area contributed by atoms with Gasteiger partial charge in [-0.1, -0.05) is 30.3 Å². The first-order valence-electron chi connectivity index (χ1n) is 8.53. The quantitative estimate of drug-likeness (QED) is 0.809. The molecule has 1 atom stereocenters. The minimum atomic E-state index is -0.337. The van der Waals surface area contributed by atoms with Crippen LogP contribution >= 0.6 is 0 Å². The van der Waals surface area contributed by atoms with Crippen molar-refractivity contribution in [1.29, 1.82) is 0 Å². The Morgan fingerprint density at radius 3 is 2.62 bits per heavy atom. The molecule has 1 unspecified atom stereocenters. The third kappa shape index (κ3) is 4.13. The molecule has 0 aliphatic carbocycles. The second-order valence-electron chi connectivity index (χ2n) is 6.16. The number of benzene rings is 1. The number of ether oxygens (including phenoxy) is 2. The van der Waals surface area contributed by atoms with Gasteiger partial charge in [0.05, 0.1) is 19.8 Å². The van der Waals surface area contributed by atoms with Gasteiger partial charge in [0.15, 0.2) is 0 Å². The van der Waals surface area contributed by atoms with Gasteiger partial charge >= 0.3 is 0 Å². The predicted molar refractivity (Wildman–Crippen MR) is 88.2 cm³/mol. The molecule has 2 heterocycles. The predicted octanol–water partition coefficient (Wildman–Crippen LogP) is 1.05. The Morgan fingerprint density at radius 2 is 1.88 bits per heavy atom. The van der Waals surface area contributed by atoms with Gasteiger partial charge in [-0.05, 0) is 18.4 Å². The van der Waals surface area contributed by atoms with Crippen molar-refractivity contribution in [3.63, 3.8) is 0 Å². The summed E-state index contributed by atoms with van der Waals surface area (Å²) in [5.41, 5.74) is 1.03. The molecule has 0 N–H and O–H groups in total. The Hall–Kier alpha value is -1.92. The normalized spacial score (nSPS) is 21.1. The van der Waals surface area contributed by atoms with E-state index >= 15 is 0 Å². The summed E-state index contributed by atoms with van der Waals surface area (Å²) in [6, 6.07) is 9.42. The molecule has 0 saturated carbocycles. The van der Waals surface area contributed by atoms with Crippen LogP contribution in [0.4, 0.5) is 0 Å². The average molecular weight is 332 g/mol. The van der Waals surface area contributed by atoms with Gasteiger partial charge in [0.25, 0.3) is 0 Å². The van der Waals surface area contributed by atoms with E-state index in [9.17, 15) is 9.59 Å². The molecule has 2 saturated heterocycles. The lowest BCUT2D eigenvalue weighted by Gasteiger charge is -2.32. The number of likely N-dealkylation sites (tertiary alicyclic amines) is 1. The van der Waals surface area contributed by atoms with Crippen LogP contribution in [-0.4, -0.2) is 67.1 Å². The van der Waals surface area contributed by atoms with E-state index in [1.807, 2.05) is 35.2 Å². The molecule has 130 valence electrons. The Morgan fingerprint density at radius 1 is 1.12 bits per heavy atom. The molecule has 3 rings (SSSR count). The van der Waals surface area contributed by atoms with Crippen molar-refractivity contribution in [3.05, 3.63) is 35.9 Å². The van der Waals surface area contributed by atoms with Gasteiger partial charge in [0.1, 0.15) is 12.6 Å². The summed E-state index contributed by atoms with van der Waals surface area (Å²) in [6.07, 6.45) is 1.60. The van der Waals surface area contributed by atoms with Crippen molar-refractivity contribution in [3.8, 4) is 0 Å². The molecule has 24 heavy (non-hydrogen) atoms. The van der Waals surface area contributed by atoms with E-state index in [0.29, 0.717) is 39.5 Å². The zero-order valence-electron chi connectivity index (χ0n) is 13.9. The Labute approximate surface area is 142 Å². The molecular formula is C18H24N2O4. The molecule has 2 fully saturated rings. The number of morpholine rings is 1. The number of nitrogens with zero attached hydrogens (tertiary/aromatic N) is 2. The summed E-state index contributed by atoms with van der Waals surface area (Å²) in [5, 5.41) is 0. The molecular weight excluding hydrogens is 308 g/mol. The fourth-order valence-corrected chi connectivity index (χ4v) is 3.23. The maximum Gasteiger partial charge on any atom is 0.249 e. The van der Waals surface area contributed by atoms with E-state index in [1.54, 1.807) is 4.90 Å². The summed E-state index contributed by atoms with van der Waals surface area (Å²) in [5.74, 6) is -0.0535. The zero-order valence-corrected chi connectivity index (χ0v) is 13.9. The van der Waals surface area contributed by atoms with Gasteiger partial charge in [0.2, 0.25) is 11.8 Å². The van der Waals surface area contributed by atoms with Gasteiger partial charge in [-0.2, -0.15) is 0 Å². The van der Waals surface area contributed by atoms with E-state index in [4.69, 9.17) is 9.47 Å². The number of hydrogen-bond acceptors (Lipinski definition) is 4. The van der Waals surface area contributed by atoms with Crippen LogP contribution in [0, 0.1) is 0 Å². The van der Waals surface area contributed by atoms with E-state index in [-0.39, 0.29) is 24.5 Å². The number of carbonyl (C=O) groups excluding carboxylic acids is 2. The second-order valence-corrected chi connectivity index (χ2v) is 6.16. The van der Waals surface area contributed by atoms with Crippen molar-refractivity contribution >= 4 is 11.8 Å². The largest absolute Gasteiger partial charge is 0.378 e. The molecule has 0 aromatic heterocycles. The smallest absolute Gasteiger partial charge is 0.249 e. The number of carbonyl (C=O) groups is 2. The van der Waals surface area contributed by atoms with Crippen LogP contribution in [-0.2, 0) is 25.7 Å². The van der Waals surface area contributed by atoms with Crippen molar-refractivity contribution in [2.75, 3.05) is 39.5 Å². The highest BCUT2D eigenvalue weighted by Crippen LogP contribution is 2.20. The van der Waals surface area contributed by atoms with Crippen LogP contribution in [0.5, 0.6) is 0 Å². The van der Waals surface area contributed by atoms with Gasteiger partial charge < -0.3 is 19.3 Å². The van der Waals surface area contributed by atoms with Crippen molar-refractivity contribution in [2.24, 2.45) is 0 Å². The monoisotopic (exact) mass is 332 g/mol. The standard InChI is InChI=1S/C18H24N2O4/c21-17(14-24-13-15-5-2-1-3-6-15)20-8-4-7-16(20)18(22)19-9-11-23-12-10-19/h1-3,5-6,16H,4,7-14H2. The fourth-order valence-electron chi connectivity index (χ4n) is 3.23. The lowest BCUT2D eigenvalue weighted by molar-refractivity contribution is -0.148. The summed E-state index contributed by atoms with van der Waals surface area (Å²) < 4.78 is 10.8. The summed E-state index contributed by atoms with van der Waals surface area (Å²) in [6.45, 7) is 3.43. The van der Waals surface area contributed by atoms with Gasteiger partial charge in [-0.25, -0.2) is 0 Å². The van der Waals surface area contributed by atoms with Crippen LogP contribution in [0.25, 0.3) is 0 Å². The van der Waals surface area contributed by atoms with Crippen molar-refractivity contribution < 1.29 is 19.1 Å². The minimum Gasteiger partial charge on any atom is -0.378 e. The highest BCUT2D eigenvalue weighted by Gasteiger charge is 2.36. The molecule has 2 amide bonds. The van der Waals surface area contributed by atoms with Crippen LogP contribution in [0.15, 0.2) is 30.3 Å². The molecule has 1 aromatic rings. The summed E-state index contributed by atoms with van der Waals surface area (Å²) in [7, 11) is 0. The summed E-state index contributed by atoms with van der Waals surface area (Å²) >= 11 is 0. The Balaban J connectivity index is 1.50. The second kappa shape index (κ2) is 8.26. The van der Waals surface area contributed by atoms with Crippen LogP contribution in [0.1, 0.15) is 18.4 Å². The molecule has 1 aromatic carbocycles. The molecule has 0 bridgehead atoms. The molecule has 2 aliphatic heterocycles. The topological polar surface area (TPSA) is 59.1 Å². The third-order valence-electron chi connectivity index (χ3n) is 4.52. The van der Waals surface area contributed by atoms with Gasteiger partial charge in [0, 0.05) is 19.6 Å². The molecule has 6 heteroatoms. The Kier molecular flexibility index (Phi) is 5.82.